The molecule has 2 rings (SSSR count). The van der Waals surface area contributed by atoms with Gasteiger partial charge < -0.3 is 21.1 Å². The summed E-state index contributed by atoms with van der Waals surface area (Å²) < 4.78 is 0. The van der Waals surface area contributed by atoms with Gasteiger partial charge >= 0.3 is 0 Å². The number of benzene rings is 2. The summed E-state index contributed by atoms with van der Waals surface area (Å²) in [4.78, 5) is 0. The van der Waals surface area contributed by atoms with E-state index in [-0.39, 0.29) is 34.3 Å². The molecule has 2 aromatic rings. The largest absolute Gasteiger partial charge is 0.505 e. The van der Waals surface area contributed by atoms with Crippen LogP contribution >= 0.6 is 0 Å². The predicted octanol–water partition coefficient (Wildman–Crippen LogP) is 2.80. The Balaban J connectivity index is 2.39. The van der Waals surface area contributed by atoms with E-state index >= 15 is 0 Å². The number of para-hydroxylation sites is 1. The molecule has 18 heavy (non-hydrogen) atoms. The number of rotatable bonds is 2. The Bertz CT molecular complexity index is 591. The minimum absolute atomic E-state index is 0.0701. The van der Waals surface area contributed by atoms with Gasteiger partial charge in [-0.25, -0.2) is 0 Å². The normalized spacial score (nSPS) is 10.9. The van der Waals surface area contributed by atoms with Gasteiger partial charge in [0.15, 0.2) is 11.4 Å². The van der Waals surface area contributed by atoms with E-state index in [1.54, 1.807) is 6.07 Å². The molecule has 0 heterocycles. The van der Waals surface area contributed by atoms with Gasteiger partial charge in [-0.15, -0.1) is 10.2 Å². The van der Waals surface area contributed by atoms with Crippen molar-refractivity contribution in [2.75, 3.05) is 5.73 Å². The molecular formula is C12H11N3O3. The molecule has 0 aromatic heterocycles. The Morgan fingerprint density at radius 3 is 2.11 bits per heavy atom. The van der Waals surface area contributed by atoms with Crippen LogP contribution in [-0.4, -0.2) is 15.3 Å². The van der Waals surface area contributed by atoms with Gasteiger partial charge in [0.25, 0.3) is 0 Å². The summed E-state index contributed by atoms with van der Waals surface area (Å²) in [6.07, 6.45) is 0. The van der Waals surface area contributed by atoms with Crippen molar-refractivity contribution in [1.29, 1.82) is 0 Å². The minimum atomic E-state index is -0.206. The fraction of sp³-hybridized carbons (Fsp3) is 0. The van der Waals surface area contributed by atoms with Gasteiger partial charge in [-0.1, -0.05) is 12.1 Å². The van der Waals surface area contributed by atoms with Gasteiger partial charge in [-0.05, 0) is 24.3 Å². The summed E-state index contributed by atoms with van der Waals surface area (Å²) in [5.74, 6) is -0.611. The van der Waals surface area contributed by atoms with Gasteiger partial charge in [-0.2, -0.15) is 0 Å². The van der Waals surface area contributed by atoms with Gasteiger partial charge in [0.2, 0.25) is 0 Å². The number of aromatic hydroxyl groups is 3. The zero-order chi connectivity index (χ0) is 13.1. The molecule has 0 unspecified atom stereocenters. The lowest BCUT2D eigenvalue weighted by Crippen LogP contribution is -1.83. The van der Waals surface area contributed by atoms with Crippen LogP contribution in [0.3, 0.4) is 0 Å². The van der Waals surface area contributed by atoms with Crippen LogP contribution < -0.4 is 5.73 Å². The zero-order valence-corrected chi connectivity index (χ0v) is 9.28. The Kier molecular flexibility index (Phi) is 3.01. The average molecular weight is 245 g/mol. The van der Waals surface area contributed by atoms with Crippen molar-refractivity contribution < 1.29 is 15.3 Å². The molecule has 0 atom stereocenters. The molecule has 0 saturated carbocycles. The van der Waals surface area contributed by atoms with Crippen LogP contribution in [0.1, 0.15) is 0 Å². The second-order valence-electron chi connectivity index (χ2n) is 3.56. The van der Waals surface area contributed by atoms with Gasteiger partial charge in [-0.3, -0.25) is 0 Å². The van der Waals surface area contributed by atoms with Crippen LogP contribution in [0, 0.1) is 0 Å². The van der Waals surface area contributed by atoms with E-state index in [1.807, 2.05) is 0 Å². The summed E-state index contributed by atoms with van der Waals surface area (Å²) >= 11 is 0. The molecule has 6 heteroatoms. The molecule has 0 saturated heterocycles. The molecular weight excluding hydrogens is 234 g/mol. The summed E-state index contributed by atoms with van der Waals surface area (Å²) in [5, 5.41) is 36.0. The highest BCUT2D eigenvalue weighted by Gasteiger charge is 2.07. The van der Waals surface area contributed by atoms with E-state index in [2.05, 4.69) is 10.2 Å². The lowest BCUT2D eigenvalue weighted by Gasteiger charge is -2.02. The van der Waals surface area contributed by atoms with Crippen LogP contribution in [0.2, 0.25) is 0 Å². The number of phenolic OH excluding ortho intramolecular Hbond substituents is 3. The van der Waals surface area contributed by atoms with Crippen molar-refractivity contribution in [3.8, 4) is 17.2 Å². The molecule has 6 nitrogen and oxygen atoms in total. The number of nitrogens with two attached hydrogens (primary N) is 1. The van der Waals surface area contributed by atoms with E-state index in [0.717, 1.165) is 0 Å². The Morgan fingerprint density at radius 1 is 0.833 bits per heavy atom. The molecule has 0 aliphatic heterocycles. The number of hydrogen-bond acceptors (Lipinski definition) is 6. The van der Waals surface area contributed by atoms with Crippen LogP contribution in [0.15, 0.2) is 46.6 Å². The van der Waals surface area contributed by atoms with E-state index < -0.39 is 0 Å². The van der Waals surface area contributed by atoms with E-state index in [4.69, 9.17) is 5.73 Å². The summed E-state index contributed by atoms with van der Waals surface area (Å²) in [7, 11) is 0. The molecule has 92 valence electrons. The third-order valence-corrected chi connectivity index (χ3v) is 2.30. The maximum absolute atomic E-state index is 9.61. The average Bonchev–Trinajstić information content (AvgIpc) is 2.33. The van der Waals surface area contributed by atoms with Crippen LogP contribution in [0.4, 0.5) is 17.1 Å². The van der Waals surface area contributed by atoms with Crippen LogP contribution in [0.5, 0.6) is 17.2 Å². The fourth-order valence-corrected chi connectivity index (χ4v) is 1.36. The predicted molar refractivity (Wildman–Crippen MR) is 66.5 cm³/mol. The number of azo groups is 1. The third-order valence-electron chi connectivity index (χ3n) is 2.30. The van der Waals surface area contributed by atoms with E-state index in [1.165, 1.54) is 30.3 Å². The first-order chi connectivity index (χ1) is 8.59. The number of phenols is 3. The molecule has 0 amide bonds. The highest BCUT2D eigenvalue weighted by molar-refractivity contribution is 5.66. The first-order valence-electron chi connectivity index (χ1n) is 5.09. The molecule has 0 radical (unpaired) electrons. The quantitative estimate of drug-likeness (QED) is 0.370. The second kappa shape index (κ2) is 4.62. The van der Waals surface area contributed by atoms with Crippen molar-refractivity contribution in [3.63, 3.8) is 0 Å². The summed E-state index contributed by atoms with van der Waals surface area (Å²) in [6.45, 7) is 0. The molecule has 0 aliphatic carbocycles. The molecule has 0 spiro atoms. The van der Waals surface area contributed by atoms with Gasteiger partial charge in [0.1, 0.15) is 17.2 Å². The number of hydrogen-bond donors (Lipinski definition) is 4. The number of anilines is 1. The van der Waals surface area contributed by atoms with Gasteiger partial charge in [0.05, 0.1) is 5.69 Å². The Morgan fingerprint density at radius 2 is 1.44 bits per heavy atom. The van der Waals surface area contributed by atoms with Gasteiger partial charge in [0, 0.05) is 0 Å². The molecule has 5 N–H and O–H groups in total. The van der Waals surface area contributed by atoms with Crippen molar-refractivity contribution in [2.45, 2.75) is 0 Å². The third kappa shape index (κ3) is 2.17. The first-order valence-corrected chi connectivity index (χ1v) is 5.09. The van der Waals surface area contributed by atoms with Crippen molar-refractivity contribution in [3.05, 3.63) is 36.4 Å². The van der Waals surface area contributed by atoms with E-state index in [0.29, 0.717) is 0 Å². The lowest BCUT2D eigenvalue weighted by molar-refractivity contribution is 0.452. The monoisotopic (exact) mass is 245 g/mol. The Hall–Kier alpha value is -2.76. The van der Waals surface area contributed by atoms with Crippen molar-refractivity contribution in [2.24, 2.45) is 10.2 Å². The Labute approximate surface area is 103 Å². The van der Waals surface area contributed by atoms with Crippen molar-refractivity contribution in [1.82, 2.24) is 0 Å². The summed E-state index contributed by atoms with van der Waals surface area (Å²) in [5.41, 5.74) is 5.75. The number of nitrogen functional groups attached to an aromatic ring is 1. The summed E-state index contributed by atoms with van der Waals surface area (Å²) in [6, 6.07) is 8.84. The lowest BCUT2D eigenvalue weighted by atomic mass is 10.2. The van der Waals surface area contributed by atoms with Crippen LogP contribution in [0.25, 0.3) is 0 Å². The second-order valence-corrected chi connectivity index (χ2v) is 3.56. The highest BCUT2D eigenvalue weighted by atomic mass is 16.3. The SMILES string of the molecule is Nc1cccc(N=Nc2c(O)cccc2O)c1O. The first kappa shape index (κ1) is 11.7. The zero-order valence-electron chi connectivity index (χ0n) is 9.28. The highest BCUT2D eigenvalue weighted by Crippen LogP contribution is 2.38. The number of nitrogens with zero attached hydrogens (tertiary/aromatic N) is 2. The topological polar surface area (TPSA) is 111 Å². The molecule has 2 aromatic carbocycles. The fourth-order valence-electron chi connectivity index (χ4n) is 1.36. The molecule has 0 bridgehead atoms. The maximum Gasteiger partial charge on any atom is 0.169 e. The molecule has 0 fully saturated rings. The standard InChI is InChI=1S/C12H11N3O3/c13-7-3-1-4-8(12(7)18)14-15-11-9(16)5-2-6-10(11)17/h1-6,16-18H,13H2. The van der Waals surface area contributed by atoms with E-state index in [9.17, 15) is 15.3 Å². The minimum Gasteiger partial charge on any atom is -0.505 e. The maximum atomic E-state index is 9.61. The van der Waals surface area contributed by atoms with Crippen LogP contribution in [-0.2, 0) is 0 Å². The molecule has 0 aliphatic rings. The van der Waals surface area contributed by atoms with Crippen molar-refractivity contribution >= 4 is 17.1 Å². The smallest absolute Gasteiger partial charge is 0.169 e.